The minimum Gasteiger partial charge on any atom is -0.206 e. The minimum atomic E-state index is -1.55. The Balaban J connectivity index is 1.86. The lowest BCUT2D eigenvalue weighted by atomic mass is 10.0. The standard InChI is InChI=1S/C23H16F4/c1-2-3-15-4-6-16(7-5-15)8-9-17-10-11-18(12-20(17)24)19-13-21(25)23(27)22(26)14-19/h4-7,10-14H,2-3H2,1H3. The van der Waals surface area contributed by atoms with Crippen LogP contribution < -0.4 is 0 Å². The summed E-state index contributed by atoms with van der Waals surface area (Å²) in [6.07, 6.45) is 2.05. The largest absolute Gasteiger partial charge is 0.206 e. The molecule has 0 nitrogen and oxygen atoms in total. The van der Waals surface area contributed by atoms with E-state index in [0.717, 1.165) is 36.6 Å². The van der Waals surface area contributed by atoms with Gasteiger partial charge in [-0.25, -0.2) is 17.6 Å². The Labute approximate surface area is 155 Å². The quantitative estimate of drug-likeness (QED) is 0.291. The molecular weight excluding hydrogens is 352 g/mol. The van der Waals surface area contributed by atoms with E-state index in [1.807, 2.05) is 24.3 Å². The fraction of sp³-hybridized carbons (Fsp3) is 0.130. The van der Waals surface area contributed by atoms with Crippen LogP contribution in [0.4, 0.5) is 17.6 Å². The third kappa shape index (κ3) is 4.38. The summed E-state index contributed by atoms with van der Waals surface area (Å²) >= 11 is 0. The van der Waals surface area contributed by atoms with Crippen LogP contribution in [0, 0.1) is 35.1 Å². The predicted molar refractivity (Wildman–Crippen MR) is 98.1 cm³/mol. The summed E-state index contributed by atoms with van der Waals surface area (Å²) in [5.41, 5.74) is 2.44. The number of hydrogen-bond acceptors (Lipinski definition) is 0. The van der Waals surface area contributed by atoms with E-state index < -0.39 is 23.3 Å². The molecule has 0 amide bonds. The second-order valence-electron chi connectivity index (χ2n) is 6.15. The van der Waals surface area contributed by atoms with E-state index in [2.05, 4.69) is 18.8 Å². The van der Waals surface area contributed by atoms with Gasteiger partial charge in [0.05, 0.1) is 5.56 Å². The number of benzene rings is 3. The van der Waals surface area contributed by atoms with Crippen molar-refractivity contribution in [3.63, 3.8) is 0 Å². The van der Waals surface area contributed by atoms with Gasteiger partial charge in [-0.1, -0.05) is 43.4 Å². The second-order valence-corrected chi connectivity index (χ2v) is 6.15. The molecule has 0 spiro atoms. The highest BCUT2D eigenvalue weighted by Crippen LogP contribution is 2.25. The van der Waals surface area contributed by atoms with Crippen molar-refractivity contribution in [1.82, 2.24) is 0 Å². The van der Waals surface area contributed by atoms with E-state index in [-0.39, 0.29) is 16.7 Å². The average Bonchev–Trinajstić information content (AvgIpc) is 2.66. The summed E-state index contributed by atoms with van der Waals surface area (Å²) in [4.78, 5) is 0. The van der Waals surface area contributed by atoms with Crippen LogP contribution in [0.15, 0.2) is 54.6 Å². The number of hydrogen-bond donors (Lipinski definition) is 0. The third-order valence-corrected chi connectivity index (χ3v) is 4.12. The SMILES string of the molecule is CCCc1ccc(C#Cc2ccc(-c3cc(F)c(F)c(F)c3)cc2F)cc1. The molecule has 0 aliphatic heterocycles. The molecule has 136 valence electrons. The molecule has 0 atom stereocenters. The van der Waals surface area contributed by atoms with Crippen LogP contribution in [-0.4, -0.2) is 0 Å². The van der Waals surface area contributed by atoms with E-state index in [1.165, 1.54) is 17.7 Å². The first-order chi connectivity index (χ1) is 13.0. The number of rotatable bonds is 3. The Morgan fingerprint density at radius 2 is 1.33 bits per heavy atom. The van der Waals surface area contributed by atoms with Crippen molar-refractivity contribution in [2.24, 2.45) is 0 Å². The first-order valence-electron chi connectivity index (χ1n) is 8.53. The van der Waals surface area contributed by atoms with Gasteiger partial charge in [0.1, 0.15) is 5.82 Å². The molecule has 0 fully saturated rings. The number of aryl methyl sites for hydroxylation is 1. The maximum atomic E-state index is 14.3. The Hall–Kier alpha value is -3.06. The van der Waals surface area contributed by atoms with Crippen LogP contribution in [0.25, 0.3) is 11.1 Å². The summed E-state index contributed by atoms with van der Waals surface area (Å²) in [6.45, 7) is 2.11. The Morgan fingerprint density at radius 1 is 0.704 bits per heavy atom. The zero-order valence-corrected chi connectivity index (χ0v) is 14.6. The Bertz CT molecular complexity index is 1000. The molecule has 0 radical (unpaired) electrons. The molecule has 3 aromatic rings. The Morgan fingerprint density at radius 3 is 1.93 bits per heavy atom. The molecule has 4 heteroatoms. The van der Waals surface area contributed by atoms with Gasteiger partial charge in [-0.3, -0.25) is 0 Å². The molecule has 0 saturated heterocycles. The van der Waals surface area contributed by atoms with Gasteiger partial charge in [-0.15, -0.1) is 0 Å². The molecule has 3 rings (SSSR count). The summed E-state index contributed by atoms with van der Waals surface area (Å²) in [6, 6.07) is 13.5. The first-order valence-corrected chi connectivity index (χ1v) is 8.53. The van der Waals surface area contributed by atoms with Gasteiger partial charge in [-0.05, 0) is 59.5 Å². The van der Waals surface area contributed by atoms with Crippen molar-refractivity contribution in [1.29, 1.82) is 0 Å². The normalized spacial score (nSPS) is 10.4. The second kappa shape index (κ2) is 8.09. The van der Waals surface area contributed by atoms with E-state index in [9.17, 15) is 17.6 Å². The molecular formula is C23H16F4. The van der Waals surface area contributed by atoms with Crippen molar-refractivity contribution in [3.05, 3.63) is 94.6 Å². The van der Waals surface area contributed by atoms with E-state index in [4.69, 9.17) is 0 Å². The third-order valence-electron chi connectivity index (χ3n) is 4.12. The fourth-order valence-electron chi connectivity index (χ4n) is 2.70. The van der Waals surface area contributed by atoms with Crippen LogP contribution in [0.3, 0.4) is 0 Å². The molecule has 0 bridgehead atoms. The van der Waals surface area contributed by atoms with Gasteiger partial charge in [0.25, 0.3) is 0 Å². The van der Waals surface area contributed by atoms with Gasteiger partial charge in [0, 0.05) is 5.56 Å². The molecule has 0 aliphatic rings. The summed E-state index contributed by atoms with van der Waals surface area (Å²) in [7, 11) is 0. The monoisotopic (exact) mass is 368 g/mol. The van der Waals surface area contributed by atoms with Crippen molar-refractivity contribution >= 4 is 0 Å². The van der Waals surface area contributed by atoms with Crippen molar-refractivity contribution in [3.8, 4) is 23.0 Å². The topological polar surface area (TPSA) is 0 Å². The lowest BCUT2D eigenvalue weighted by Gasteiger charge is -2.05. The lowest BCUT2D eigenvalue weighted by Crippen LogP contribution is -1.93. The molecule has 0 aromatic heterocycles. The van der Waals surface area contributed by atoms with Gasteiger partial charge < -0.3 is 0 Å². The van der Waals surface area contributed by atoms with Gasteiger partial charge in [-0.2, -0.15) is 0 Å². The van der Waals surface area contributed by atoms with E-state index in [1.54, 1.807) is 0 Å². The van der Waals surface area contributed by atoms with Crippen LogP contribution >= 0.6 is 0 Å². The van der Waals surface area contributed by atoms with Gasteiger partial charge >= 0.3 is 0 Å². The highest BCUT2D eigenvalue weighted by molar-refractivity contribution is 5.65. The van der Waals surface area contributed by atoms with Crippen LogP contribution in [0.2, 0.25) is 0 Å². The maximum Gasteiger partial charge on any atom is 0.194 e. The molecule has 27 heavy (non-hydrogen) atoms. The number of halogens is 4. The van der Waals surface area contributed by atoms with Crippen molar-refractivity contribution in [2.45, 2.75) is 19.8 Å². The summed E-state index contributed by atoms with van der Waals surface area (Å²) < 4.78 is 54.1. The van der Waals surface area contributed by atoms with Crippen LogP contribution in [0.1, 0.15) is 30.0 Å². The lowest BCUT2D eigenvalue weighted by molar-refractivity contribution is 0.447. The average molecular weight is 368 g/mol. The predicted octanol–water partition coefficient (Wildman–Crippen LogP) is 6.26. The maximum absolute atomic E-state index is 14.3. The van der Waals surface area contributed by atoms with Gasteiger partial charge in [0.15, 0.2) is 17.5 Å². The van der Waals surface area contributed by atoms with Crippen molar-refractivity contribution in [2.75, 3.05) is 0 Å². The van der Waals surface area contributed by atoms with E-state index in [0.29, 0.717) is 0 Å². The van der Waals surface area contributed by atoms with Gasteiger partial charge in [0.2, 0.25) is 0 Å². The molecule has 0 aliphatic carbocycles. The zero-order valence-electron chi connectivity index (χ0n) is 14.6. The highest BCUT2D eigenvalue weighted by Gasteiger charge is 2.12. The van der Waals surface area contributed by atoms with Crippen LogP contribution in [0.5, 0.6) is 0 Å². The minimum absolute atomic E-state index is 0.0522. The summed E-state index contributed by atoms with van der Waals surface area (Å²) in [5, 5.41) is 0. The van der Waals surface area contributed by atoms with Crippen LogP contribution in [-0.2, 0) is 6.42 Å². The first kappa shape index (κ1) is 18.7. The molecule has 0 N–H and O–H groups in total. The molecule has 3 aromatic carbocycles. The molecule has 0 saturated carbocycles. The van der Waals surface area contributed by atoms with E-state index >= 15 is 0 Å². The fourth-order valence-corrected chi connectivity index (χ4v) is 2.70. The highest BCUT2D eigenvalue weighted by atomic mass is 19.2. The molecule has 0 unspecified atom stereocenters. The Kier molecular flexibility index (Phi) is 5.61. The smallest absolute Gasteiger partial charge is 0.194 e. The zero-order chi connectivity index (χ0) is 19.4. The summed E-state index contributed by atoms with van der Waals surface area (Å²) in [5.74, 6) is 0.850. The van der Waals surface area contributed by atoms with Crippen molar-refractivity contribution < 1.29 is 17.6 Å². The molecule has 0 heterocycles.